The van der Waals surface area contributed by atoms with Crippen LogP contribution in [0.3, 0.4) is 0 Å². The summed E-state index contributed by atoms with van der Waals surface area (Å²) in [6.45, 7) is 5.17. The van der Waals surface area contributed by atoms with Crippen LogP contribution >= 0.6 is 0 Å². The fourth-order valence-corrected chi connectivity index (χ4v) is 10.1. The first-order valence-corrected chi connectivity index (χ1v) is 21.5. The van der Waals surface area contributed by atoms with Crippen molar-refractivity contribution in [1.29, 1.82) is 0 Å². The van der Waals surface area contributed by atoms with Crippen LogP contribution in [-0.4, -0.2) is 120 Å². The van der Waals surface area contributed by atoms with Crippen molar-refractivity contribution in [2.75, 3.05) is 73.3 Å². The predicted octanol–water partition coefficient (Wildman–Crippen LogP) is 4.78. The molecule has 4 N–H and O–H groups in total. The molecule has 4 aromatic rings. The highest BCUT2D eigenvalue weighted by Crippen LogP contribution is 2.40. The van der Waals surface area contributed by atoms with Crippen molar-refractivity contribution < 1.29 is 24.2 Å². The average Bonchev–Trinajstić information content (AvgIpc) is 3.53. The molecule has 1 aromatic heterocycles. The number of ether oxygens (including phenoxy) is 1. The first-order valence-electron chi connectivity index (χ1n) is 21.5. The van der Waals surface area contributed by atoms with Gasteiger partial charge in [0.1, 0.15) is 23.6 Å². The Balaban J connectivity index is 0.741. The quantitative estimate of drug-likeness (QED) is 0.189. The van der Waals surface area contributed by atoms with E-state index in [-0.39, 0.29) is 35.6 Å². The number of nitrogens with two attached hydrogens (primary N) is 1. The zero-order valence-electron chi connectivity index (χ0n) is 34.3. The lowest BCUT2D eigenvalue weighted by Gasteiger charge is -2.43. The maximum absolute atomic E-state index is 13.5. The van der Waals surface area contributed by atoms with Crippen LogP contribution in [0.25, 0.3) is 11.3 Å². The zero-order valence-corrected chi connectivity index (χ0v) is 34.3. The van der Waals surface area contributed by atoms with Gasteiger partial charge in [-0.25, -0.2) is 0 Å². The summed E-state index contributed by atoms with van der Waals surface area (Å²) < 4.78 is 6.57. The molecular formula is C46H55N9O5. The van der Waals surface area contributed by atoms with Crippen molar-refractivity contribution in [1.82, 2.24) is 25.3 Å². The summed E-state index contributed by atoms with van der Waals surface area (Å²) in [5.41, 5.74) is 11.9. The first-order chi connectivity index (χ1) is 29.2. The number of hydrogen-bond acceptors (Lipinski definition) is 12. The number of anilines is 4. The lowest BCUT2D eigenvalue weighted by molar-refractivity contribution is -0.135. The van der Waals surface area contributed by atoms with E-state index >= 15 is 0 Å². The van der Waals surface area contributed by atoms with Crippen LogP contribution in [0, 0.1) is 0 Å². The summed E-state index contributed by atoms with van der Waals surface area (Å²) in [4.78, 5) is 48.7. The van der Waals surface area contributed by atoms with Crippen LogP contribution < -0.4 is 30.5 Å². The Morgan fingerprint density at radius 1 is 0.867 bits per heavy atom. The Bertz CT molecular complexity index is 2210. The number of hydrogen-bond donors (Lipinski definition) is 3. The molecule has 3 aromatic carbocycles. The third-order valence-corrected chi connectivity index (χ3v) is 13.4. The number of likely N-dealkylation sites (N-methyl/N-ethyl adjacent to an activating group) is 1. The number of carbonyl (C=O) groups is 3. The van der Waals surface area contributed by atoms with E-state index in [2.05, 4.69) is 66.6 Å². The number of phenolic OH excluding ortho intramolecular Hbond substituents is 1. The maximum atomic E-state index is 13.5. The number of aromatic nitrogens is 2. The molecule has 5 fully saturated rings. The fourth-order valence-electron chi connectivity index (χ4n) is 10.1. The number of phenols is 1. The number of carbonyl (C=O) groups excluding carboxylic acids is 3. The van der Waals surface area contributed by atoms with E-state index in [1.54, 1.807) is 12.1 Å². The third-order valence-electron chi connectivity index (χ3n) is 13.4. The van der Waals surface area contributed by atoms with Crippen LogP contribution in [0.5, 0.6) is 11.5 Å². The fraction of sp³-hybridized carbons (Fsp3) is 0.457. The van der Waals surface area contributed by atoms with Crippen LogP contribution in [0.1, 0.15) is 62.8 Å². The van der Waals surface area contributed by atoms with Crippen molar-refractivity contribution in [2.45, 2.75) is 81.5 Å². The summed E-state index contributed by atoms with van der Waals surface area (Å²) in [6.07, 6.45) is 6.65. The molecular weight excluding hydrogens is 759 g/mol. The molecule has 5 aliphatic rings. The second-order valence-electron chi connectivity index (χ2n) is 17.1. The van der Waals surface area contributed by atoms with E-state index in [9.17, 15) is 19.5 Å². The lowest BCUT2D eigenvalue weighted by atomic mass is 9.89. The summed E-state index contributed by atoms with van der Waals surface area (Å²) >= 11 is 0. The molecule has 0 spiro atoms. The SMILES string of the molecule is CN(c1cccc(C2CCN(CC(=O)N3CCC(Oc4cccc(N5[C@@H]6CC[C@H]5CN(c5cc(-c7ccccc7O)nnc5N)C6)c4)CC3)CC2)c1)[C@@H]1CCC(=O)NC1=O. The molecule has 14 heteroatoms. The van der Waals surface area contributed by atoms with Gasteiger partial charge >= 0.3 is 0 Å². The number of benzene rings is 3. The number of para-hydroxylation sites is 1. The molecule has 60 heavy (non-hydrogen) atoms. The molecule has 2 bridgehead atoms. The number of nitrogens with zero attached hydrogens (tertiary/aromatic N) is 7. The summed E-state index contributed by atoms with van der Waals surface area (Å²) in [7, 11) is 1.92. The number of piperazine rings is 1. The molecule has 14 nitrogen and oxygen atoms in total. The Kier molecular flexibility index (Phi) is 11.2. The van der Waals surface area contributed by atoms with Gasteiger partial charge < -0.3 is 35.2 Å². The van der Waals surface area contributed by atoms with Gasteiger partial charge in [-0.3, -0.25) is 24.6 Å². The monoisotopic (exact) mass is 813 g/mol. The Labute approximate surface area is 351 Å². The number of fused-ring (bicyclic) bond motifs is 2. The Hall–Kier alpha value is -5.89. The van der Waals surface area contributed by atoms with E-state index in [0.29, 0.717) is 67.6 Å². The molecule has 314 valence electrons. The van der Waals surface area contributed by atoms with Gasteiger partial charge in [-0.05, 0) is 99.1 Å². The molecule has 0 saturated carbocycles. The number of piperidine rings is 3. The molecule has 0 radical (unpaired) electrons. The Morgan fingerprint density at radius 3 is 2.37 bits per heavy atom. The Morgan fingerprint density at radius 2 is 1.62 bits per heavy atom. The highest BCUT2D eigenvalue weighted by atomic mass is 16.5. The number of likely N-dealkylation sites (tertiary alicyclic amines) is 2. The van der Waals surface area contributed by atoms with Gasteiger partial charge in [0.05, 0.1) is 17.9 Å². The molecule has 5 aliphatic heterocycles. The zero-order chi connectivity index (χ0) is 41.3. The van der Waals surface area contributed by atoms with Gasteiger partial charge in [0.25, 0.3) is 0 Å². The highest BCUT2D eigenvalue weighted by molar-refractivity contribution is 6.01. The third kappa shape index (κ3) is 8.29. The van der Waals surface area contributed by atoms with Crippen LogP contribution in [0.4, 0.5) is 22.9 Å². The molecule has 6 heterocycles. The topological polar surface area (TPSA) is 161 Å². The second-order valence-corrected chi connectivity index (χ2v) is 17.1. The lowest BCUT2D eigenvalue weighted by Crippen LogP contribution is -2.54. The van der Waals surface area contributed by atoms with E-state index in [4.69, 9.17) is 10.5 Å². The number of nitrogen functional groups attached to an aromatic ring is 1. The van der Waals surface area contributed by atoms with E-state index in [1.807, 2.05) is 47.2 Å². The number of nitrogens with one attached hydrogen (secondary N) is 1. The first kappa shape index (κ1) is 39.6. The maximum Gasteiger partial charge on any atom is 0.249 e. The van der Waals surface area contributed by atoms with Crippen molar-refractivity contribution in [2.24, 2.45) is 0 Å². The smallest absolute Gasteiger partial charge is 0.249 e. The summed E-state index contributed by atoms with van der Waals surface area (Å²) in [6, 6.07) is 26.3. The molecule has 0 unspecified atom stereocenters. The van der Waals surface area contributed by atoms with Gasteiger partial charge in [0, 0.05) is 87.6 Å². The summed E-state index contributed by atoms with van der Waals surface area (Å²) in [5.74, 6) is 1.57. The van der Waals surface area contributed by atoms with Crippen molar-refractivity contribution in [3.05, 3.63) is 84.4 Å². The van der Waals surface area contributed by atoms with E-state index in [1.165, 1.54) is 11.3 Å². The normalized spacial score (nSPS) is 22.8. The minimum Gasteiger partial charge on any atom is -0.507 e. The number of rotatable bonds is 10. The van der Waals surface area contributed by atoms with Crippen LogP contribution in [-0.2, 0) is 14.4 Å². The van der Waals surface area contributed by atoms with Crippen molar-refractivity contribution in [3.8, 4) is 22.8 Å². The minimum atomic E-state index is -0.352. The standard InChI is InChI=1S/C46H55N9O5/c1-51(40-14-15-43(57)48-46(40)59)32-7-4-6-31(24-32)30-16-20-52(21-17-30)29-44(58)53-22-18-36(19-23-53)60-37-9-5-8-33(25-37)55-34-12-13-35(55)28-54(27-34)41-26-39(49-50-45(41)47)38-10-2-3-11-42(38)56/h2-11,24-26,30,34-36,40,56H,12-23,27-29H2,1H3,(H2,47,50)(H,48,57,59)/t34-,35+,40-/m1/s1. The molecule has 3 amide bonds. The van der Waals surface area contributed by atoms with Crippen LogP contribution in [0.15, 0.2) is 78.9 Å². The molecule has 9 rings (SSSR count). The predicted molar refractivity (Wildman–Crippen MR) is 231 cm³/mol. The second kappa shape index (κ2) is 17.0. The van der Waals surface area contributed by atoms with Crippen LogP contribution in [0.2, 0.25) is 0 Å². The van der Waals surface area contributed by atoms with E-state index in [0.717, 1.165) is 81.8 Å². The van der Waals surface area contributed by atoms with Crippen molar-refractivity contribution in [3.63, 3.8) is 0 Å². The summed E-state index contributed by atoms with van der Waals surface area (Å²) in [5, 5.41) is 21.4. The molecule has 0 aliphatic carbocycles. The molecule has 5 saturated heterocycles. The van der Waals surface area contributed by atoms with Gasteiger partial charge in [0.2, 0.25) is 17.7 Å². The average molecular weight is 814 g/mol. The minimum absolute atomic E-state index is 0.0545. The van der Waals surface area contributed by atoms with Gasteiger partial charge in [-0.1, -0.05) is 30.3 Å². The largest absolute Gasteiger partial charge is 0.507 e. The van der Waals surface area contributed by atoms with Gasteiger partial charge in [-0.15, -0.1) is 10.2 Å². The highest BCUT2D eigenvalue weighted by Gasteiger charge is 2.41. The van der Waals surface area contributed by atoms with Crippen molar-refractivity contribution >= 4 is 40.6 Å². The van der Waals surface area contributed by atoms with E-state index < -0.39 is 0 Å². The molecule has 3 atom stereocenters. The van der Waals surface area contributed by atoms with Gasteiger partial charge in [-0.2, -0.15) is 0 Å². The van der Waals surface area contributed by atoms with Gasteiger partial charge in [0.15, 0.2) is 5.82 Å². The number of aromatic hydroxyl groups is 1. The number of amides is 3. The number of imide groups is 1.